The Balaban J connectivity index is 2.20. The van der Waals surface area contributed by atoms with Crippen LogP contribution in [0.25, 0.3) is 0 Å². The molecule has 0 aliphatic carbocycles. The van der Waals surface area contributed by atoms with E-state index in [0.29, 0.717) is 29.5 Å². The highest BCUT2D eigenvalue weighted by atomic mass is 35.5. The lowest BCUT2D eigenvalue weighted by Gasteiger charge is -2.13. The van der Waals surface area contributed by atoms with Crippen molar-refractivity contribution in [3.05, 3.63) is 40.0 Å². The predicted octanol–water partition coefficient (Wildman–Crippen LogP) is 5.05. The number of aromatic nitrogens is 2. The molecule has 1 heterocycles. The van der Waals surface area contributed by atoms with E-state index in [0.717, 1.165) is 5.69 Å². The summed E-state index contributed by atoms with van der Waals surface area (Å²) >= 11 is 12.0. The molecule has 0 spiro atoms. The van der Waals surface area contributed by atoms with E-state index in [1.54, 1.807) is 28.9 Å². The Morgan fingerprint density at radius 1 is 1.32 bits per heavy atom. The lowest BCUT2D eigenvalue weighted by Crippen LogP contribution is -2.21. The first kappa shape index (κ1) is 19.1. The fraction of sp³-hybridized carbons (Fsp3) is 0.353. The van der Waals surface area contributed by atoms with Gasteiger partial charge in [0.2, 0.25) is 0 Å². The van der Waals surface area contributed by atoms with Crippen LogP contribution < -0.4 is 10.6 Å². The molecule has 2 N–H and O–H groups in total. The van der Waals surface area contributed by atoms with E-state index >= 15 is 0 Å². The number of aryl methyl sites for hydroxylation is 1. The Hall–Kier alpha value is -2.23. The quantitative estimate of drug-likeness (QED) is 0.779. The lowest BCUT2D eigenvalue weighted by atomic mass is 9.92. The van der Waals surface area contributed by atoms with Crippen LogP contribution >= 0.6 is 23.2 Å². The van der Waals surface area contributed by atoms with Gasteiger partial charge in [0.15, 0.2) is 0 Å². The Morgan fingerprint density at radius 2 is 2.04 bits per heavy atom. The van der Waals surface area contributed by atoms with Crippen LogP contribution in [-0.2, 0) is 12.0 Å². The maximum absolute atomic E-state index is 12.3. The Labute approximate surface area is 156 Å². The highest BCUT2D eigenvalue weighted by molar-refractivity contribution is 6.44. The molecule has 0 fully saturated rings. The number of rotatable bonds is 4. The monoisotopic (exact) mass is 379 g/mol. The van der Waals surface area contributed by atoms with Crippen molar-refractivity contribution in [2.45, 2.75) is 39.2 Å². The summed E-state index contributed by atoms with van der Waals surface area (Å²) in [5.41, 5.74) is 1.05. The van der Waals surface area contributed by atoms with Gasteiger partial charge >= 0.3 is 6.03 Å². The minimum Gasteiger partial charge on any atom is -0.306 e. The minimum absolute atomic E-state index is 0.180. The van der Waals surface area contributed by atoms with E-state index in [-0.39, 0.29) is 10.4 Å². The molecule has 0 aliphatic heterocycles. The zero-order valence-electron chi connectivity index (χ0n) is 14.2. The fourth-order valence-corrected chi connectivity index (χ4v) is 2.43. The smallest absolute Gasteiger partial charge is 0.306 e. The zero-order chi connectivity index (χ0) is 18.6. The van der Waals surface area contributed by atoms with Gasteiger partial charge in [-0.25, -0.2) is 9.48 Å². The van der Waals surface area contributed by atoms with Crippen LogP contribution in [0.3, 0.4) is 0 Å². The van der Waals surface area contributed by atoms with Crippen LogP contribution in [0.4, 0.5) is 16.3 Å². The second kappa shape index (κ2) is 7.77. The number of benzene rings is 1. The standard InChI is InChI=1S/C17H19Cl2N5O/c1-17(2,3)13-10-14(24(23-13)9-5-8-20)22-16(25)21-12-7-4-6-11(18)15(12)19/h4,6-7,10H,5,9H2,1-3H3,(H2,21,22,25). The highest BCUT2D eigenvalue weighted by Gasteiger charge is 2.21. The number of nitrogens with one attached hydrogen (secondary N) is 2. The van der Waals surface area contributed by atoms with Crippen molar-refractivity contribution in [3.63, 3.8) is 0 Å². The molecular weight excluding hydrogens is 361 g/mol. The molecule has 0 saturated heterocycles. The van der Waals surface area contributed by atoms with Gasteiger partial charge in [0.25, 0.3) is 0 Å². The van der Waals surface area contributed by atoms with Crippen molar-refractivity contribution >= 4 is 40.7 Å². The van der Waals surface area contributed by atoms with Crippen molar-refractivity contribution in [2.24, 2.45) is 0 Å². The first-order valence-corrected chi connectivity index (χ1v) is 8.45. The molecule has 2 amide bonds. The Kier molecular flexibility index (Phi) is 5.93. The molecular formula is C17H19Cl2N5O. The first-order valence-electron chi connectivity index (χ1n) is 7.69. The van der Waals surface area contributed by atoms with E-state index < -0.39 is 6.03 Å². The summed E-state index contributed by atoms with van der Waals surface area (Å²) in [7, 11) is 0. The fourth-order valence-electron chi connectivity index (χ4n) is 2.08. The third-order valence-electron chi connectivity index (χ3n) is 3.43. The number of hydrogen-bond donors (Lipinski definition) is 2. The van der Waals surface area contributed by atoms with Crippen molar-refractivity contribution < 1.29 is 4.79 Å². The summed E-state index contributed by atoms with van der Waals surface area (Å²) in [5, 5.41) is 19.3. The SMILES string of the molecule is CC(C)(C)c1cc(NC(=O)Nc2cccc(Cl)c2Cl)n(CCC#N)n1. The number of anilines is 2. The van der Waals surface area contributed by atoms with E-state index in [2.05, 4.69) is 21.8 Å². The Morgan fingerprint density at radius 3 is 2.68 bits per heavy atom. The molecule has 1 aromatic carbocycles. The van der Waals surface area contributed by atoms with Crippen molar-refractivity contribution in [1.29, 1.82) is 5.26 Å². The summed E-state index contributed by atoms with van der Waals surface area (Å²) in [6.07, 6.45) is 0.293. The molecule has 132 valence electrons. The number of urea groups is 1. The maximum Gasteiger partial charge on any atom is 0.324 e. The molecule has 0 atom stereocenters. The van der Waals surface area contributed by atoms with Crippen LogP contribution in [0.15, 0.2) is 24.3 Å². The third-order valence-corrected chi connectivity index (χ3v) is 4.24. The highest BCUT2D eigenvalue weighted by Crippen LogP contribution is 2.30. The summed E-state index contributed by atoms with van der Waals surface area (Å²) in [4.78, 5) is 12.3. The molecule has 0 saturated carbocycles. The average Bonchev–Trinajstić information content (AvgIpc) is 2.93. The molecule has 8 heteroatoms. The van der Waals surface area contributed by atoms with Crippen LogP contribution in [0, 0.1) is 11.3 Å². The molecule has 0 aliphatic rings. The van der Waals surface area contributed by atoms with Crippen molar-refractivity contribution in [1.82, 2.24) is 9.78 Å². The van der Waals surface area contributed by atoms with Gasteiger partial charge in [-0.1, -0.05) is 50.0 Å². The Bertz CT molecular complexity index is 817. The average molecular weight is 380 g/mol. The molecule has 0 bridgehead atoms. The second-order valence-corrected chi connectivity index (χ2v) is 7.26. The second-order valence-electron chi connectivity index (χ2n) is 6.48. The number of nitrogens with zero attached hydrogens (tertiary/aromatic N) is 3. The van der Waals surface area contributed by atoms with Crippen LogP contribution in [0.1, 0.15) is 32.9 Å². The number of carbonyl (C=O) groups is 1. The van der Waals surface area contributed by atoms with Crippen molar-refractivity contribution in [2.75, 3.05) is 10.6 Å². The van der Waals surface area contributed by atoms with E-state index in [1.165, 1.54) is 0 Å². The maximum atomic E-state index is 12.3. The number of nitriles is 1. The summed E-state index contributed by atoms with van der Waals surface area (Å²) in [6, 6.07) is 8.40. The first-order chi connectivity index (χ1) is 11.7. The van der Waals surface area contributed by atoms with Gasteiger partial charge in [0.1, 0.15) is 5.82 Å². The van der Waals surface area contributed by atoms with Crippen molar-refractivity contribution in [3.8, 4) is 6.07 Å². The predicted molar refractivity (Wildman–Crippen MR) is 100 cm³/mol. The topological polar surface area (TPSA) is 82.7 Å². The molecule has 2 aromatic rings. The molecule has 2 rings (SSSR count). The normalized spacial score (nSPS) is 11.0. The summed E-state index contributed by atoms with van der Waals surface area (Å²) < 4.78 is 1.61. The van der Waals surface area contributed by atoms with Gasteiger partial charge in [-0.05, 0) is 12.1 Å². The molecule has 0 unspecified atom stereocenters. The van der Waals surface area contributed by atoms with E-state index in [1.807, 2.05) is 20.8 Å². The number of hydrogen-bond acceptors (Lipinski definition) is 3. The van der Waals surface area contributed by atoms with Gasteiger partial charge < -0.3 is 5.32 Å². The number of amides is 2. The zero-order valence-corrected chi connectivity index (χ0v) is 15.7. The number of carbonyl (C=O) groups excluding carboxylic acids is 1. The summed E-state index contributed by atoms with van der Waals surface area (Å²) in [6.45, 7) is 6.47. The van der Waals surface area contributed by atoms with Gasteiger partial charge in [-0.15, -0.1) is 0 Å². The van der Waals surface area contributed by atoms with E-state index in [4.69, 9.17) is 28.5 Å². The largest absolute Gasteiger partial charge is 0.324 e. The molecule has 0 radical (unpaired) electrons. The van der Waals surface area contributed by atoms with Crippen LogP contribution in [-0.4, -0.2) is 15.8 Å². The van der Waals surface area contributed by atoms with Crippen LogP contribution in [0.5, 0.6) is 0 Å². The minimum atomic E-state index is -0.470. The number of halogens is 2. The molecule has 25 heavy (non-hydrogen) atoms. The molecule has 1 aromatic heterocycles. The van der Waals surface area contributed by atoms with E-state index in [9.17, 15) is 4.79 Å². The lowest BCUT2D eigenvalue weighted by molar-refractivity contribution is 0.262. The van der Waals surface area contributed by atoms with Gasteiger partial charge in [0, 0.05) is 11.5 Å². The van der Waals surface area contributed by atoms with Gasteiger partial charge in [0.05, 0.1) is 40.5 Å². The van der Waals surface area contributed by atoms with Crippen LogP contribution in [0.2, 0.25) is 10.0 Å². The van der Waals surface area contributed by atoms with Gasteiger partial charge in [-0.3, -0.25) is 5.32 Å². The third kappa shape index (κ3) is 4.88. The molecule has 6 nitrogen and oxygen atoms in total. The summed E-state index contributed by atoms with van der Waals surface area (Å²) in [5.74, 6) is 0.510. The van der Waals surface area contributed by atoms with Gasteiger partial charge in [-0.2, -0.15) is 10.4 Å².